The van der Waals surface area contributed by atoms with Crippen LogP contribution in [-0.4, -0.2) is 48.2 Å². The topological polar surface area (TPSA) is 32.8 Å². The summed E-state index contributed by atoms with van der Waals surface area (Å²) in [5.74, 6) is 0.468. The van der Waals surface area contributed by atoms with Crippen molar-refractivity contribution in [2.24, 2.45) is 5.92 Å². The molecule has 1 amide bonds. The molecule has 0 bridgehead atoms. The summed E-state index contributed by atoms with van der Waals surface area (Å²) in [7, 11) is 2.18. The van der Waals surface area contributed by atoms with E-state index >= 15 is 0 Å². The number of amides is 1. The van der Waals surface area contributed by atoms with Gasteiger partial charge in [-0.3, -0.25) is 4.79 Å². The van der Waals surface area contributed by atoms with Crippen LogP contribution in [0.1, 0.15) is 78.7 Å². The zero-order valence-electron chi connectivity index (χ0n) is 22.8. The van der Waals surface area contributed by atoms with Crippen molar-refractivity contribution >= 4 is 5.91 Å². The average molecular weight is 509 g/mol. The second kappa shape index (κ2) is 13.9. The van der Waals surface area contributed by atoms with E-state index in [4.69, 9.17) is 0 Å². The Hall–Kier alpha value is -2.28. The molecule has 0 aliphatic carbocycles. The molecule has 1 unspecified atom stereocenters. The Morgan fingerprint density at radius 3 is 2.42 bits per heavy atom. The van der Waals surface area contributed by atoms with Crippen molar-refractivity contribution in [3.05, 3.63) is 52.6 Å². The number of ether oxygens (including phenoxy) is 1. The van der Waals surface area contributed by atoms with Crippen LogP contribution < -0.4 is 4.74 Å². The highest BCUT2D eigenvalue weighted by molar-refractivity contribution is 5.96. The first-order chi connectivity index (χ1) is 16.9. The summed E-state index contributed by atoms with van der Waals surface area (Å²) < 4.78 is 41.0. The van der Waals surface area contributed by atoms with E-state index in [9.17, 15) is 18.0 Å². The second-order valence-corrected chi connectivity index (χ2v) is 10.4. The van der Waals surface area contributed by atoms with Crippen LogP contribution in [0.3, 0.4) is 0 Å². The molecule has 1 heterocycles. The highest BCUT2D eigenvalue weighted by Crippen LogP contribution is 2.27. The van der Waals surface area contributed by atoms with Crippen LogP contribution in [0.15, 0.2) is 47.1 Å². The molecule has 0 spiro atoms. The van der Waals surface area contributed by atoms with Crippen LogP contribution in [0, 0.1) is 5.92 Å². The summed E-state index contributed by atoms with van der Waals surface area (Å²) >= 11 is 0. The lowest BCUT2D eigenvalue weighted by Gasteiger charge is -2.22. The Morgan fingerprint density at radius 2 is 1.83 bits per heavy atom. The van der Waals surface area contributed by atoms with E-state index in [-0.39, 0.29) is 11.7 Å². The van der Waals surface area contributed by atoms with Gasteiger partial charge in [-0.25, -0.2) is 0 Å². The van der Waals surface area contributed by atoms with Gasteiger partial charge in [-0.05, 0) is 103 Å². The molecule has 36 heavy (non-hydrogen) atoms. The molecule has 202 valence electrons. The first-order valence-electron chi connectivity index (χ1n) is 13.1. The number of hydrogen-bond donors (Lipinski definition) is 0. The van der Waals surface area contributed by atoms with Crippen molar-refractivity contribution < 1.29 is 22.7 Å². The molecule has 1 aliphatic rings. The van der Waals surface area contributed by atoms with Crippen LogP contribution >= 0.6 is 0 Å². The molecule has 4 nitrogen and oxygen atoms in total. The molecule has 1 aromatic carbocycles. The molecule has 1 aromatic rings. The third-order valence-corrected chi connectivity index (χ3v) is 7.18. The van der Waals surface area contributed by atoms with Gasteiger partial charge in [-0.2, -0.15) is 0 Å². The third-order valence-electron chi connectivity index (χ3n) is 7.18. The van der Waals surface area contributed by atoms with Crippen LogP contribution in [0.4, 0.5) is 13.2 Å². The van der Waals surface area contributed by atoms with Crippen molar-refractivity contribution in [2.75, 3.05) is 20.1 Å². The fourth-order valence-electron chi connectivity index (χ4n) is 4.58. The van der Waals surface area contributed by atoms with E-state index in [1.54, 1.807) is 17.0 Å². The smallest absolute Gasteiger partial charge is 0.406 e. The number of hydrogen-bond acceptors (Lipinski definition) is 3. The third kappa shape index (κ3) is 10.00. The van der Waals surface area contributed by atoms with Gasteiger partial charge in [0.25, 0.3) is 0 Å². The van der Waals surface area contributed by atoms with E-state index in [1.807, 2.05) is 6.92 Å². The Labute approximate surface area is 215 Å². The lowest BCUT2D eigenvalue weighted by atomic mass is 9.92. The van der Waals surface area contributed by atoms with E-state index in [1.165, 1.54) is 43.4 Å². The minimum Gasteiger partial charge on any atom is -0.406 e. The predicted octanol–water partition coefficient (Wildman–Crippen LogP) is 7.51. The molecule has 1 atom stereocenters. The van der Waals surface area contributed by atoms with Crippen molar-refractivity contribution in [1.82, 2.24) is 9.80 Å². The maximum absolute atomic E-state index is 13.0. The van der Waals surface area contributed by atoms with Gasteiger partial charge in [0.15, 0.2) is 0 Å². The summed E-state index contributed by atoms with van der Waals surface area (Å²) in [6.07, 6.45) is 3.99. The molecule has 0 aromatic heterocycles. The lowest BCUT2D eigenvalue weighted by Crippen LogP contribution is -2.27. The Kier molecular flexibility index (Phi) is 11.5. The maximum Gasteiger partial charge on any atom is 0.573 e. The number of carbonyl (C=O) groups is 1. The number of halogens is 3. The Bertz CT molecular complexity index is 904. The SMILES string of the molecule is CCC(CCCN(C)C(C)C)CC/C(C)=C/C(C)=C1\CCN(Cc2ccc(OC(F)(F)F)cc2)C1=O. The van der Waals surface area contributed by atoms with Gasteiger partial charge >= 0.3 is 6.36 Å². The van der Waals surface area contributed by atoms with Crippen molar-refractivity contribution in [3.8, 4) is 5.75 Å². The number of carbonyl (C=O) groups excluding carboxylic acids is 1. The lowest BCUT2D eigenvalue weighted by molar-refractivity contribution is -0.274. The van der Waals surface area contributed by atoms with Gasteiger partial charge < -0.3 is 14.5 Å². The van der Waals surface area contributed by atoms with Gasteiger partial charge in [0.1, 0.15) is 5.75 Å². The van der Waals surface area contributed by atoms with Gasteiger partial charge in [-0.15, -0.1) is 13.2 Å². The number of benzene rings is 1. The monoisotopic (exact) mass is 508 g/mol. The van der Waals surface area contributed by atoms with E-state index in [2.05, 4.69) is 50.5 Å². The fraction of sp³-hybridized carbons (Fsp3) is 0.621. The van der Waals surface area contributed by atoms with Crippen molar-refractivity contribution in [2.45, 2.75) is 92.1 Å². The molecule has 1 aliphatic heterocycles. The summed E-state index contributed by atoms with van der Waals surface area (Å²) in [6, 6.07) is 6.28. The Balaban J connectivity index is 1.89. The van der Waals surface area contributed by atoms with Crippen LogP contribution in [0.5, 0.6) is 5.75 Å². The van der Waals surface area contributed by atoms with Gasteiger partial charge in [0, 0.05) is 24.7 Å². The summed E-state index contributed by atoms with van der Waals surface area (Å²) in [4.78, 5) is 17.1. The van der Waals surface area contributed by atoms with Crippen LogP contribution in [0.25, 0.3) is 0 Å². The molecular formula is C29H43F3N2O2. The molecule has 0 N–H and O–H groups in total. The van der Waals surface area contributed by atoms with E-state index in [0.29, 0.717) is 25.6 Å². The number of allylic oxidation sites excluding steroid dienone is 3. The molecule has 2 rings (SSSR count). The quantitative estimate of drug-likeness (QED) is 0.259. The molecular weight excluding hydrogens is 465 g/mol. The molecule has 7 heteroatoms. The standard InChI is InChI=1S/C29H43F3N2O2/c1-7-24(9-8-17-33(6)21(2)3)11-10-22(4)19-23(5)27-16-18-34(28(27)35)20-25-12-14-26(15-13-25)36-29(30,31)32/h12-15,19,21,24H,7-11,16-18,20H2,1-6H3/b22-19+,27-23+. The maximum atomic E-state index is 13.0. The van der Waals surface area contributed by atoms with Gasteiger partial charge in [-0.1, -0.05) is 37.1 Å². The van der Waals surface area contributed by atoms with Crippen LogP contribution in [0.2, 0.25) is 0 Å². The van der Waals surface area contributed by atoms with Gasteiger partial charge in [0.2, 0.25) is 5.91 Å². The van der Waals surface area contributed by atoms with E-state index in [0.717, 1.165) is 35.6 Å². The first kappa shape index (κ1) is 29.9. The second-order valence-electron chi connectivity index (χ2n) is 10.4. The zero-order valence-corrected chi connectivity index (χ0v) is 22.8. The minimum atomic E-state index is -4.71. The average Bonchev–Trinajstić information content (AvgIpc) is 3.16. The zero-order chi connectivity index (χ0) is 26.9. The summed E-state index contributed by atoms with van der Waals surface area (Å²) in [5.41, 5.74) is 3.91. The summed E-state index contributed by atoms with van der Waals surface area (Å²) in [5, 5.41) is 0. The summed E-state index contributed by atoms with van der Waals surface area (Å²) in [6.45, 7) is 13.0. The highest BCUT2D eigenvalue weighted by Gasteiger charge is 2.31. The molecule has 1 fully saturated rings. The fourth-order valence-corrected chi connectivity index (χ4v) is 4.58. The number of alkyl halides is 3. The van der Waals surface area contributed by atoms with E-state index < -0.39 is 6.36 Å². The molecule has 0 radical (unpaired) electrons. The molecule has 1 saturated heterocycles. The minimum absolute atomic E-state index is 0.00729. The number of nitrogens with zero attached hydrogens (tertiary/aromatic N) is 2. The Morgan fingerprint density at radius 1 is 1.17 bits per heavy atom. The normalized spacial score (nSPS) is 17.4. The molecule has 0 saturated carbocycles. The number of rotatable bonds is 13. The van der Waals surface area contributed by atoms with Crippen LogP contribution in [-0.2, 0) is 11.3 Å². The first-order valence-corrected chi connectivity index (χ1v) is 13.1. The van der Waals surface area contributed by atoms with Crippen molar-refractivity contribution in [3.63, 3.8) is 0 Å². The van der Waals surface area contributed by atoms with Crippen molar-refractivity contribution in [1.29, 1.82) is 0 Å². The van der Waals surface area contributed by atoms with Gasteiger partial charge in [0.05, 0.1) is 0 Å². The highest BCUT2D eigenvalue weighted by atomic mass is 19.4. The largest absolute Gasteiger partial charge is 0.573 e. The predicted molar refractivity (Wildman–Crippen MR) is 140 cm³/mol. The number of likely N-dealkylation sites (tertiary alicyclic amines) is 1.